The highest BCUT2D eigenvalue weighted by atomic mass is 16.5. The zero-order valence-electron chi connectivity index (χ0n) is 14.9. The first-order valence-electron chi connectivity index (χ1n) is 8.56. The molecule has 0 bridgehead atoms. The van der Waals surface area contributed by atoms with E-state index in [4.69, 9.17) is 4.74 Å². The molecular weight excluding hydrogens is 324 g/mol. The molecule has 3 aromatic rings. The summed E-state index contributed by atoms with van der Waals surface area (Å²) < 4.78 is 5.80. The van der Waals surface area contributed by atoms with Gasteiger partial charge < -0.3 is 14.6 Å². The van der Waals surface area contributed by atoms with E-state index in [9.17, 15) is 9.90 Å². The maximum absolute atomic E-state index is 10.8. The molecule has 3 heteroatoms. The number of hydrogen-bond donors (Lipinski definition) is 0. The van der Waals surface area contributed by atoms with Gasteiger partial charge >= 0.3 is 0 Å². The summed E-state index contributed by atoms with van der Waals surface area (Å²) in [6, 6.07) is 25.0. The topological polar surface area (TPSA) is 49.4 Å². The Balaban J connectivity index is 1.67. The molecule has 0 fully saturated rings. The Labute approximate surface area is 153 Å². The van der Waals surface area contributed by atoms with Gasteiger partial charge in [-0.3, -0.25) is 0 Å². The Hall–Kier alpha value is -3.07. The van der Waals surface area contributed by atoms with Crippen LogP contribution in [0.3, 0.4) is 0 Å². The van der Waals surface area contributed by atoms with E-state index in [1.807, 2.05) is 18.2 Å². The van der Waals surface area contributed by atoms with E-state index < -0.39 is 5.97 Å². The molecule has 3 nitrogen and oxygen atoms in total. The number of carbonyl (C=O) groups excluding carboxylic acids is 1. The van der Waals surface area contributed by atoms with E-state index in [0.29, 0.717) is 6.61 Å². The van der Waals surface area contributed by atoms with Gasteiger partial charge in [-0.05, 0) is 34.4 Å². The van der Waals surface area contributed by atoms with Crippen molar-refractivity contribution >= 4 is 5.97 Å². The maximum atomic E-state index is 10.8. The van der Waals surface area contributed by atoms with Crippen LogP contribution in [0.5, 0.6) is 5.75 Å². The zero-order chi connectivity index (χ0) is 18.6. The van der Waals surface area contributed by atoms with Gasteiger partial charge in [0.2, 0.25) is 0 Å². The molecule has 0 saturated heterocycles. The van der Waals surface area contributed by atoms with Crippen LogP contribution < -0.4 is 9.84 Å². The number of hydrogen-bond acceptors (Lipinski definition) is 3. The van der Waals surface area contributed by atoms with Gasteiger partial charge in [-0.2, -0.15) is 0 Å². The summed E-state index contributed by atoms with van der Waals surface area (Å²) in [6.45, 7) is 4.79. The van der Waals surface area contributed by atoms with E-state index in [1.165, 1.54) is 23.3 Å². The van der Waals surface area contributed by atoms with Crippen LogP contribution in [0.1, 0.15) is 40.9 Å². The van der Waals surface area contributed by atoms with Crippen molar-refractivity contribution in [2.75, 3.05) is 0 Å². The molecule has 132 valence electrons. The molecule has 0 amide bonds. The Morgan fingerprint density at radius 2 is 1.42 bits per heavy atom. The molecule has 0 aliphatic carbocycles. The van der Waals surface area contributed by atoms with Crippen molar-refractivity contribution in [2.45, 2.75) is 25.9 Å². The highest BCUT2D eigenvalue weighted by Crippen LogP contribution is 2.32. The molecule has 0 aliphatic rings. The number of carboxylic acid groups (broad SMARTS) is 1. The number of carboxylic acids is 1. The lowest BCUT2D eigenvalue weighted by molar-refractivity contribution is -0.255. The summed E-state index contributed by atoms with van der Waals surface area (Å²) in [4.78, 5) is 10.8. The fourth-order valence-corrected chi connectivity index (χ4v) is 2.89. The minimum Gasteiger partial charge on any atom is -0.545 e. The summed E-state index contributed by atoms with van der Waals surface area (Å²) in [5.41, 5.74) is 3.47. The van der Waals surface area contributed by atoms with Crippen LogP contribution in [0.25, 0.3) is 0 Å². The van der Waals surface area contributed by atoms with Crippen LogP contribution in [0.15, 0.2) is 78.9 Å². The van der Waals surface area contributed by atoms with Crippen LogP contribution in [-0.2, 0) is 12.0 Å². The van der Waals surface area contributed by atoms with Crippen molar-refractivity contribution in [3.63, 3.8) is 0 Å². The van der Waals surface area contributed by atoms with Gasteiger partial charge in [0.1, 0.15) is 12.4 Å². The Morgan fingerprint density at radius 3 is 2.00 bits per heavy atom. The summed E-state index contributed by atoms with van der Waals surface area (Å²) in [6.07, 6.45) is 0. The molecule has 0 spiro atoms. The Kier molecular flexibility index (Phi) is 5.08. The van der Waals surface area contributed by atoms with Crippen LogP contribution in [0, 0.1) is 0 Å². The van der Waals surface area contributed by atoms with Crippen molar-refractivity contribution in [3.8, 4) is 5.75 Å². The number of carbonyl (C=O) groups is 1. The van der Waals surface area contributed by atoms with Crippen LogP contribution in [0.4, 0.5) is 0 Å². The molecule has 0 N–H and O–H groups in total. The van der Waals surface area contributed by atoms with Crippen LogP contribution in [0.2, 0.25) is 0 Å². The molecule has 0 aromatic heterocycles. The van der Waals surface area contributed by atoms with Gasteiger partial charge in [-0.1, -0.05) is 80.6 Å². The lowest BCUT2D eigenvalue weighted by Crippen LogP contribution is -2.22. The summed E-state index contributed by atoms with van der Waals surface area (Å²) >= 11 is 0. The second-order valence-electron chi connectivity index (χ2n) is 6.79. The first kappa shape index (κ1) is 17.7. The van der Waals surface area contributed by atoms with Crippen molar-refractivity contribution in [1.82, 2.24) is 0 Å². The molecular formula is C23H21O3-. The Morgan fingerprint density at radius 1 is 0.846 bits per heavy atom. The highest BCUT2D eigenvalue weighted by molar-refractivity contribution is 5.85. The zero-order valence-corrected chi connectivity index (χ0v) is 14.9. The first-order valence-corrected chi connectivity index (χ1v) is 8.56. The molecule has 0 aliphatic heterocycles. The molecule has 0 saturated carbocycles. The summed E-state index contributed by atoms with van der Waals surface area (Å²) in [5.74, 6) is -0.393. The molecule has 0 radical (unpaired) electrons. The quantitative estimate of drug-likeness (QED) is 0.679. The van der Waals surface area contributed by atoms with Crippen molar-refractivity contribution in [1.29, 1.82) is 0 Å². The third kappa shape index (κ3) is 3.94. The van der Waals surface area contributed by atoms with Gasteiger partial charge in [0.25, 0.3) is 0 Å². The fourth-order valence-electron chi connectivity index (χ4n) is 2.89. The lowest BCUT2D eigenvalue weighted by atomic mass is 9.78. The van der Waals surface area contributed by atoms with Crippen molar-refractivity contribution < 1.29 is 14.6 Å². The monoisotopic (exact) mass is 345 g/mol. The number of aromatic carboxylic acids is 1. The van der Waals surface area contributed by atoms with Gasteiger partial charge in [0.05, 0.1) is 5.97 Å². The molecule has 0 heterocycles. The average Bonchev–Trinajstić information content (AvgIpc) is 2.67. The minimum absolute atomic E-state index is 0.0828. The average molecular weight is 345 g/mol. The molecule has 3 aromatic carbocycles. The molecule has 0 unspecified atom stereocenters. The number of rotatable bonds is 6. The first-order chi connectivity index (χ1) is 12.5. The second kappa shape index (κ2) is 7.44. The molecule has 26 heavy (non-hydrogen) atoms. The van der Waals surface area contributed by atoms with Gasteiger partial charge in [-0.15, -0.1) is 0 Å². The van der Waals surface area contributed by atoms with Crippen molar-refractivity contribution in [2.24, 2.45) is 0 Å². The lowest BCUT2D eigenvalue weighted by Gasteiger charge is -2.26. The smallest absolute Gasteiger partial charge is 0.119 e. The number of ether oxygens (including phenoxy) is 1. The maximum Gasteiger partial charge on any atom is 0.119 e. The SMILES string of the molecule is CC(C)(c1ccccc1)c1ccc(OCc2ccc(C(=O)[O-])cc2)cc1. The minimum atomic E-state index is -1.17. The van der Waals surface area contributed by atoms with Gasteiger partial charge in [0.15, 0.2) is 0 Å². The molecule has 0 atom stereocenters. The van der Waals surface area contributed by atoms with Crippen molar-refractivity contribution in [3.05, 3.63) is 101 Å². The largest absolute Gasteiger partial charge is 0.545 e. The third-order valence-corrected chi connectivity index (χ3v) is 4.67. The van der Waals surface area contributed by atoms with E-state index in [1.54, 1.807) is 12.1 Å². The normalized spacial score (nSPS) is 11.2. The Bertz CT molecular complexity index is 864. The van der Waals surface area contributed by atoms with Gasteiger partial charge in [0, 0.05) is 5.41 Å². The second-order valence-corrected chi connectivity index (χ2v) is 6.79. The van der Waals surface area contributed by atoms with Crippen LogP contribution in [-0.4, -0.2) is 5.97 Å². The number of benzene rings is 3. The summed E-state index contributed by atoms with van der Waals surface area (Å²) in [5, 5.41) is 10.8. The van der Waals surface area contributed by atoms with E-state index in [0.717, 1.165) is 11.3 Å². The van der Waals surface area contributed by atoms with E-state index in [-0.39, 0.29) is 11.0 Å². The van der Waals surface area contributed by atoms with E-state index in [2.05, 4.69) is 50.2 Å². The molecule has 3 rings (SSSR count). The standard InChI is InChI=1S/C23H22O3/c1-23(2,19-6-4-3-5-7-19)20-12-14-21(15-13-20)26-16-17-8-10-18(11-9-17)22(24)25/h3-15H,16H2,1-2H3,(H,24,25)/p-1. The van der Waals surface area contributed by atoms with Gasteiger partial charge in [-0.25, -0.2) is 0 Å². The summed E-state index contributed by atoms with van der Waals surface area (Å²) in [7, 11) is 0. The fraction of sp³-hybridized carbons (Fsp3) is 0.174. The predicted molar refractivity (Wildman–Crippen MR) is 100 cm³/mol. The third-order valence-electron chi connectivity index (χ3n) is 4.67. The van der Waals surface area contributed by atoms with E-state index >= 15 is 0 Å². The van der Waals surface area contributed by atoms with Crippen LogP contribution >= 0.6 is 0 Å². The predicted octanol–water partition coefficient (Wildman–Crippen LogP) is 3.96. The highest BCUT2D eigenvalue weighted by Gasteiger charge is 2.22.